The first-order valence-corrected chi connectivity index (χ1v) is 13.5. The highest BCUT2D eigenvalue weighted by Crippen LogP contribution is 2.45. The van der Waals surface area contributed by atoms with Gasteiger partial charge >= 0.3 is 0 Å². The second kappa shape index (κ2) is 11.0. The van der Waals surface area contributed by atoms with Gasteiger partial charge in [-0.2, -0.15) is 5.26 Å². The lowest BCUT2D eigenvalue weighted by Crippen LogP contribution is -2.51. The van der Waals surface area contributed by atoms with Crippen molar-refractivity contribution in [2.75, 3.05) is 31.1 Å². The summed E-state index contributed by atoms with van der Waals surface area (Å²) in [5.41, 5.74) is 3.77. The Labute approximate surface area is 228 Å². The molecule has 4 rings (SSSR count). The number of anilines is 1. The second-order valence-electron chi connectivity index (χ2n) is 10.5. The summed E-state index contributed by atoms with van der Waals surface area (Å²) in [5, 5.41) is 13.2. The topological polar surface area (TPSA) is 67.6 Å². The fourth-order valence-corrected chi connectivity index (χ4v) is 5.57. The lowest BCUT2D eigenvalue weighted by molar-refractivity contribution is -0.138. The Balaban J connectivity index is 1.62. The summed E-state index contributed by atoms with van der Waals surface area (Å²) < 4.78 is 0. The van der Waals surface area contributed by atoms with E-state index in [-0.39, 0.29) is 22.8 Å². The van der Waals surface area contributed by atoms with Crippen molar-refractivity contribution >= 4 is 46.6 Å². The van der Waals surface area contributed by atoms with Crippen LogP contribution < -0.4 is 4.90 Å². The zero-order valence-corrected chi connectivity index (χ0v) is 23.2. The molecule has 1 fully saturated rings. The first-order valence-electron chi connectivity index (χ1n) is 12.3. The number of amides is 2. The van der Waals surface area contributed by atoms with Crippen molar-refractivity contribution in [1.82, 2.24) is 9.80 Å². The number of rotatable bonds is 4. The van der Waals surface area contributed by atoms with Crippen LogP contribution in [0.15, 0.2) is 64.5 Å². The standard InChI is InChI=1S/C29H31ClN4O2S/c1-20-8-10-21(11-9-20)25-19-37-28(34(25)23-7-5-6-22(30)16-23)24(18-31)27(36)33-14-12-32(13-15-33)26(35)17-29(2,3)4/h5-11,16,19H,12-15,17H2,1-4H3. The molecule has 8 heteroatoms. The van der Waals surface area contributed by atoms with Gasteiger partial charge in [0.15, 0.2) is 0 Å². The minimum Gasteiger partial charge on any atom is -0.339 e. The van der Waals surface area contributed by atoms with Crippen LogP contribution in [-0.2, 0) is 9.59 Å². The Kier molecular flexibility index (Phi) is 8.01. The van der Waals surface area contributed by atoms with E-state index in [2.05, 4.69) is 6.07 Å². The van der Waals surface area contributed by atoms with E-state index in [1.54, 1.807) is 11.0 Å². The van der Waals surface area contributed by atoms with Crippen molar-refractivity contribution in [1.29, 1.82) is 5.26 Å². The van der Waals surface area contributed by atoms with Crippen LogP contribution in [0.25, 0.3) is 5.70 Å². The molecule has 2 aliphatic heterocycles. The van der Waals surface area contributed by atoms with Crippen LogP contribution in [0.5, 0.6) is 0 Å². The number of benzene rings is 2. The Morgan fingerprint density at radius 3 is 2.27 bits per heavy atom. The number of nitriles is 1. The zero-order valence-electron chi connectivity index (χ0n) is 21.6. The van der Waals surface area contributed by atoms with Gasteiger partial charge in [0.25, 0.3) is 5.91 Å². The number of hydrogen-bond acceptors (Lipinski definition) is 5. The van der Waals surface area contributed by atoms with E-state index < -0.39 is 0 Å². The number of piperazine rings is 1. The van der Waals surface area contributed by atoms with Gasteiger partial charge in [-0.3, -0.25) is 9.59 Å². The predicted molar refractivity (Wildman–Crippen MR) is 151 cm³/mol. The van der Waals surface area contributed by atoms with Gasteiger partial charge in [-0.05, 0) is 36.1 Å². The summed E-state index contributed by atoms with van der Waals surface area (Å²) in [6.07, 6.45) is 0.465. The zero-order chi connectivity index (χ0) is 26.7. The van der Waals surface area contributed by atoms with Crippen LogP contribution in [0.1, 0.15) is 38.3 Å². The lowest BCUT2D eigenvalue weighted by atomic mass is 9.91. The number of aryl methyl sites for hydroxylation is 1. The molecule has 2 heterocycles. The van der Waals surface area contributed by atoms with Crippen LogP contribution in [-0.4, -0.2) is 47.8 Å². The summed E-state index contributed by atoms with van der Waals surface area (Å²) in [6.45, 7) is 9.88. The fourth-order valence-electron chi connectivity index (χ4n) is 4.36. The van der Waals surface area contributed by atoms with E-state index in [0.717, 1.165) is 22.5 Å². The van der Waals surface area contributed by atoms with E-state index in [1.807, 2.05) is 85.4 Å². The molecule has 0 atom stereocenters. The van der Waals surface area contributed by atoms with Gasteiger partial charge in [-0.25, -0.2) is 0 Å². The lowest BCUT2D eigenvalue weighted by Gasteiger charge is -2.36. The molecule has 2 aliphatic rings. The van der Waals surface area contributed by atoms with Crippen molar-refractivity contribution in [2.45, 2.75) is 34.1 Å². The number of nitrogens with zero attached hydrogens (tertiary/aromatic N) is 4. The molecule has 6 nitrogen and oxygen atoms in total. The monoisotopic (exact) mass is 534 g/mol. The third-order valence-electron chi connectivity index (χ3n) is 6.28. The van der Waals surface area contributed by atoms with E-state index in [4.69, 9.17) is 11.6 Å². The van der Waals surface area contributed by atoms with Crippen molar-refractivity contribution in [2.24, 2.45) is 5.41 Å². The molecule has 2 aromatic rings. The summed E-state index contributed by atoms with van der Waals surface area (Å²) in [6, 6.07) is 17.7. The van der Waals surface area contributed by atoms with Crippen LogP contribution in [0.2, 0.25) is 5.02 Å². The van der Waals surface area contributed by atoms with Gasteiger partial charge in [0, 0.05) is 48.7 Å². The highest BCUT2D eigenvalue weighted by molar-refractivity contribution is 8.06. The molecule has 192 valence electrons. The molecule has 37 heavy (non-hydrogen) atoms. The van der Waals surface area contributed by atoms with Crippen LogP contribution >= 0.6 is 23.4 Å². The Morgan fingerprint density at radius 1 is 1.03 bits per heavy atom. The van der Waals surface area contributed by atoms with Gasteiger partial charge in [0.2, 0.25) is 5.91 Å². The summed E-state index contributed by atoms with van der Waals surface area (Å²) in [4.78, 5) is 31.7. The molecular formula is C29H31ClN4O2S. The van der Waals surface area contributed by atoms with E-state index in [9.17, 15) is 14.9 Å². The van der Waals surface area contributed by atoms with Crippen molar-refractivity contribution in [3.05, 3.63) is 80.7 Å². The number of hydrogen-bond donors (Lipinski definition) is 0. The summed E-state index contributed by atoms with van der Waals surface area (Å²) in [5.74, 6) is -0.220. The molecule has 0 bridgehead atoms. The number of carbonyl (C=O) groups excluding carboxylic acids is 2. The van der Waals surface area contributed by atoms with E-state index in [1.165, 1.54) is 11.8 Å². The average Bonchev–Trinajstić information content (AvgIpc) is 3.28. The Bertz CT molecular complexity index is 1300. The predicted octanol–water partition coefficient (Wildman–Crippen LogP) is 6.04. The van der Waals surface area contributed by atoms with E-state index >= 15 is 0 Å². The van der Waals surface area contributed by atoms with Gasteiger partial charge in [-0.1, -0.05) is 80.0 Å². The minimum atomic E-state index is -0.321. The molecule has 0 radical (unpaired) electrons. The molecule has 0 saturated carbocycles. The quantitative estimate of drug-likeness (QED) is 0.353. The Morgan fingerprint density at radius 2 is 1.68 bits per heavy atom. The highest BCUT2D eigenvalue weighted by Gasteiger charge is 2.34. The molecule has 0 N–H and O–H groups in total. The van der Waals surface area contributed by atoms with E-state index in [0.29, 0.717) is 42.7 Å². The average molecular weight is 535 g/mol. The van der Waals surface area contributed by atoms with Gasteiger partial charge < -0.3 is 14.7 Å². The molecule has 0 spiro atoms. The normalized spacial score (nSPS) is 17.4. The smallest absolute Gasteiger partial charge is 0.267 e. The highest BCUT2D eigenvalue weighted by atomic mass is 35.5. The maximum Gasteiger partial charge on any atom is 0.267 e. The van der Waals surface area contributed by atoms with Crippen molar-refractivity contribution in [3.63, 3.8) is 0 Å². The molecule has 0 aliphatic carbocycles. The fraction of sp³-hybridized carbons (Fsp3) is 0.345. The van der Waals surface area contributed by atoms with Crippen LogP contribution in [0.4, 0.5) is 5.69 Å². The maximum absolute atomic E-state index is 13.6. The Hall–Kier alpha value is -3.21. The van der Waals surface area contributed by atoms with Gasteiger partial charge in [0.05, 0.1) is 5.70 Å². The summed E-state index contributed by atoms with van der Waals surface area (Å²) in [7, 11) is 0. The third kappa shape index (κ3) is 6.20. The van der Waals surface area contributed by atoms with Gasteiger partial charge in [0.1, 0.15) is 16.7 Å². The summed E-state index contributed by atoms with van der Waals surface area (Å²) >= 11 is 7.68. The largest absolute Gasteiger partial charge is 0.339 e. The van der Waals surface area contributed by atoms with Crippen molar-refractivity contribution < 1.29 is 9.59 Å². The SMILES string of the molecule is Cc1ccc(C2=CSC(=C(C#N)C(=O)N3CCN(C(=O)CC(C)(C)C)CC3)N2c2cccc(Cl)c2)cc1. The number of carbonyl (C=O) groups is 2. The van der Waals surface area contributed by atoms with Gasteiger partial charge in [-0.15, -0.1) is 0 Å². The van der Waals surface area contributed by atoms with Crippen LogP contribution in [0.3, 0.4) is 0 Å². The molecule has 0 unspecified atom stereocenters. The second-order valence-corrected chi connectivity index (χ2v) is 11.8. The molecule has 2 amide bonds. The molecule has 2 aromatic carbocycles. The number of halogens is 1. The van der Waals surface area contributed by atoms with Crippen molar-refractivity contribution in [3.8, 4) is 6.07 Å². The third-order valence-corrected chi connectivity index (χ3v) is 7.47. The van der Waals surface area contributed by atoms with Crippen LogP contribution in [0, 0.1) is 23.7 Å². The first-order chi connectivity index (χ1) is 17.6. The number of thioether (sulfide) groups is 1. The first kappa shape index (κ1) is 26.8. The molecule has 1 saturated heterocycles. The molecule has 0 aromatic heterocycles. The minimum absolute atomic E-state index is 0.0813. The maximum atomic E-state index is 13.6. The molecular weight excluding hydrogens is 504 g/mol.